The van der Waals surface area contributed by atoms with Crippen molar-refractivity contribution >= 4 is 51.0 Å². The van der Waals surface area contributed by atoms with E-state index in [1.54, 1.807) is 42.5 Å². The van der Waals surface area contributed by atoms with E-state index < -0.39 is 22.5 Å². The number of benzene rings is 3. The minimum absolute atomic E-state index is 0.0319. The average Bonchev–Trinajstić information content (AvgIpc) is 2.79. The van der Waals surface area contributed by atoms with E-state index in [4.69, 9.17) is 27.9 Å². The lowest BCUT2D eigenvalue weighted by Gasteiger charge is -2.24. The van der Waals surface area contributed by atoms with E-state index in [9.17, 15) is 13.2 Å². The summed E-state index contributed by atoms with van der Waals surface area (Å²) in [6.07, 6.45) is 1.43. The van der Waals surface area contributed by atoms with Crippen molar-refractivity contribution in [2.45, 2.75) is 4.90 Å². The minimum atomic E-state index is -4.06. The highest BCUT2D eigenvalue weighted by molar-refractivity contribution is 7.92. The van der Waals surface area contributed by atoms with Crippen LogP contribution in [0.2, 0.25) is 10.0 Å². The van der Waals surface area contributed by atoms with E-state index in [2.05, 4.69) is 10.5 Å². The van der Waals surface area contributed by atoms with Crippen LogP contribution in [0.5, 0.6) is 5.75 Å². The number of nitrogens with zero attached hydrogens (tertiary/aromatic N) is 2. The van der Waals surface area contributed by atoms with Gasteiger partial charge >= 0.3 is 0 Å². The molecule has 0 radical (unpaired) electrons. The van der Waals surface area contributed by atoms with Gasteiger partial charge in [-0.3, -0.25) is 9.10 Å². The SMILES string of the molecule is COc1ccc(N(CC(=O)NN=Cc2ccc(Cl)cc2)S(=O)(=O)c2ccccc2)cc1Cl. The molecular formula is C22H19Cl2N3O4S. The summed E-state index contributed by atoms with van der Waals surface area (Å²) in [6, 6.07) is 19.1. The van der Waals surface area contributed by atoms with Gasteiger partial charge in [0.05, 0.1) is 28.9 Å². The first-order chi connectivity index (χ1) is 15.3. The predicted octanol–water partition coefficient (Wildman–Crippen LogP) is 4.35. The van der Waals surface area contributed by atoms with Crippen molar-refractivity contribution < 1.29 is 17.9 Å². The molecule has 3 aromatic carbocycles. The van der Waals surface area contributed by atoms with Crippen molar-refractivity contribution in [2.75, 3.05) is 18.0 Å². The molecule has 32 heavy (non-hydrogen) atoms. The monoisotopic (exact) mass is 491 g/mol. The van der Waals surface area contributed by atoms with E-state index in [0.29, 0.717) is 16.3 Å². The molecule has 0 atom stereocenters. The van der Waals surface area contributed by atoms with Crippen LogP contribution < -0.4 is 14.5 Å². The zero-order valence-electron chi connectivity index (χ0n) is 16.9. The number of rotatable bonds is 8. The van der Waals surface area contributed by atoms with Crippen molar-refractivity contribution in [1.82, 2.24) is 5.43 Å². The molecule has 0 aliphatic carbocycles. The second-order valence-electron chi connectivity index (χ2n) is 6.49. The van der Waals surface area contributed by atoms with Crippen molar-refractivity contribution in [3.05, 3.63) is 88.4 Å². The number of anilines is 1. The fourth-order valence-corrected chi connectivity index (χ4v) is 4.55. The fraction of sp³-hybridized carbons (Fsp3) is 0.0909. The summed E-state index contributed by atoms with van der Waals surface area (Å²) >= 11 is 12.0. The zero-order chi connectivity index (χ0) is 23.1. The van der Waals surface area contributed by atoms with Crippen molar-refractivity contribution in [2.24, 2.45) is 5.10 Å². The molecule has 0 heterocycles. The number of hydrogen-bond donors (Lipinski definition) is 1. The van der Waals surface area contributed by atoms with Gasteiger partial charge in [0.15, 0.2) is 0 Å². The van der Waals surface area contributed by atoms with Crippen LogP contribution in [0.3, 0.4) is 0 Å². The van der Waals surface area contributed by atoms with Crippen molar-refractivity contribution in [3.8, 4) is 5.75 Å². The third kappa shape index (κ3) is 5.79. The van der Waals surface area contributed by atoms with Crippen LogP contribution in [0, 0.1) is 0 Å². The molecule has 0 bridgehead atoms. The van der Waals surface area contributed by atoms with E-state index in [1.165, 1.54) is 43.7 Å². The fourth-order valence-electron chi connectivity index (χ4n) is 2.74. The molecule has 3 rings (SSSR count). The van der Waals surface area contributed by atoms with E-state index >= 15 is 0 Å². The Morgan fingerprint density at radius 2 is 1.75 bits per heavy atom. The summed E-state index contributed by atoms with van der Waals surface area (Å²) in [5.41, 5.74) is 3.26. The molecule has 0 aliphatic rings. The highest BCUT2D eigenvalue weighted by atomic mass is 35.5. The number of carbonyl (C=O) groups excluding carboxylic acids is 1. The van der Waals surface area contributed by atoms with Gasteiger partial charge < -0.3 is 4.74 Å². The first-order valence-corrected chi connectivity index (χ1v) is 11.5. The molecule has 10 heteroatoms. The first-order valence-electron chi connectivity index (χ1n) is 9.30. The summed E-state index contributed by atoms with van der Waals surface area (Å²) in [5.74, 6) is -0.258. The molecule has 0 saturated carbocycles. The number of methoxy groups -OCH3 is 1. The van der Waals surface area contributed by atoms with E-state index in [0.717, 1.165) is 4.31 Å². The smallest absolute Gasteiger partial charge is 0.264 e. The van der Waals surface area contributed by atoms with Gasteiger partial charge in [0.2, 0.25) is 0 Å². The Hall–Kier alpha value is -3.07. The van der Waals surface area contributed by atoms with Crippen molar-refractivity contribution in [3.63, 3.8) is 0 Å². The quantitative estimate of drug-likeness (QED) is 0.374. The highest BCUT2D eigenvalue weighted by Gasteiger charge is 2.27. The first kappa shape index (κ1) is 23.6. The summed E-state index contributed by atoms with van der Waals surface area (Å²) in [5, 5.41) is 4.67. The maximum Gasteiger partial charge on any atom is 0.264 e. The largest absolute Gasteiger partial charge is 0.495 e. The van der Waals surface area contributed by atoms with Gasteiger partial charge in [-0.15, -0.1) is 0 Å². The number of hydrazone groups is 1. The Balaban J connectivity index is 1.86. The molecule has 0 aromatic heterocycles. The standard InChI is InChI=1S/C22H19Cl2N3O4S/c1-31-21-12-11-18(13-20(21)24)27(32(29,30)19-5-3-2-4-6-19)15-22(28)26-25-14-16-7-9-17(23)10-8-16/h2-14H,15H2,1H3,(H,26,28). The molecule has 3 aromatic rings. The normalized spacial score (nSPS) is 11.3. The molecule has 7 nitrogen and oxygen atoms in total. The number of halogens is 2. The Morgan fingerprint density at radius 1 is 1.06 bits per heavy atom. The number of ether oxygens (including phenoxy) is 1. The third-order valence-electron chi connectivity index (χ3n) is 4.31. The van der Waals surface area contributed by atoms with Gasteiger partial charge in [0.1, 0.15) is 12.3 Å². The van der Waals surface area contributed by atoms with Gasteiger partial charge in [-0.1, -0.05) is 53.5 Å². The van der Waals surface area contributed by atoms with Crippen LogP contribution in [0.1, 0.15) is 5.56 Å². The van der Waals surface area contributed by atoms with Crippen molar-refractivity contribution in [1.29, 1.82) is 0 Å². The lowest BCUT2D eigenvalue weighted by Crippen LogP contribution is -2.39. The second kappa shape index (κ2) is 10.5. The maximum absolute atomic E-state index is 13.3. The third-order valence-corrected chi connectivity index (χ3v) is 6.65. The second-order valence-corrected chi connectivity index (χ2v) is 9.19. The average molecular weight is 492 g/mol. The van der Waals surface area contributed by atoms with Crippen LogP contribution >= 0.6 is 23.2 Å². The van der Waals surface area contributed by atoms with E-state index in [-0.39, 0.29) is 15.6 Å². The zero-order valence-corrected chi connectivity index (χ0v) is 19.2. The van der Waals surface area contributed by atoms with Gasteiger partial charge in [0.25, 0.3) is 15.9 Å². The number of nitrogens with one attached hydrogen (secondary N) is 1. The molecule has 0 saturated heterocycles. The number of hydrogen-bond acceptors (Lipinski definition) is 5. The summed E-state index contributed by atoms with van der Waals surface area (Å²) in [7, 11) is -2.61. The molecule has 0 spiro atoms. The lowest BCUT2D eigenvalue weighted by molar-refractivity contribution is -0.119. The molecule has 1 N–H and O–H groups in total. The number of carbonyl (C=O) groups is 1. The van der Waals surface area contributed by atoms with Gasteiger partial charge in [0, 0.05) is 5.02 Å². The summed E-state index contributed by atoms with van der Waals surface area (Å²) < 4.78 is 32.6. The molecule has 166 valence electrons. The Morgan fingerprint density at radius 3 is 2.38 bits per heavy atom. The van der Waals surface area contributed by atoms with Crippen LogP contribution in [0.25, 0.3) is 0 Å². The van der Waals surface area contributed by atoms with E-state index in [1.807, 2.05) is 0 Å². The van der Waals surface area contributed by atoms with Crippen LogP contribution in [-0.4, -0.2) is 34.2 Å². The topological polar surface area (TPSA) is 88.1 Å². The summed E-state index contributed by atoms with van der Waals surface area (Å²) in [6.45, 7) is -0.516. The Kier molecular flexibility index (Phi) is 7.74. The number of amides is 1. The number of sulfonamides is 1. The lowest BCUT2D eigenvalue weighted by atomic mass is 10.2. The summed E-state index contributed by atoms with van der Waals surface area (Å²) in [4.78, 5) is 12.6. The Bertz CT molecular complexity index is 1220. The molecular weight excluding hydrogens is 473 g/mol. The van der Waals surface area contributed by atoms with Gasteiger partial charge in [-0.2, -0.15) is 5.10 Å². The molecule has 1 amide bonds. The highest BCUT2D eigenvalue weighted by Crippen LogP contribution is 2.31. The molecule has 0 fully saturated rings. The van der Waals surface area contributed by atoms with Crippen LogP contribution in [0.15, 0.2) is 82.8 Å². The Labute approximate surface area is 196 Å². The van der Waals surface area contributed by atoms with Gasteiger partial charge in [-0.05, 0) is 48.0 Å². The maximum atomic E-state index is 13.3. The van der Waals surface area contributed by atoms with Crippen LogP contribution in [-0.2, 0) is 14.8 Å². The minimum Gasteiger partial charge on any atom is -0.495 e. The predicted molar refractivity (Wildman–Crippen MR) is 126 cm³/mol. The van der Waals surface area contributed by atoms with Crippen LogP contribution in [0.4, 0.5) is 5.69 Å². The molecule has 0 aliphatic heterocycles. The molecule has 0 unspecified atom stereocenters. The van der Waals surface area contributed by atoms with Gasteiger partial charge in [-0.25, -0.2) is 13.8 Å².